The molecule has 1 amide bonds. The number of amidine groups is 1. The third-order valence-electron chi connectivity index (χ3n) is 3.97. The van der Waals surface area contributed by atoms with Gasteiger partial charge in [0.25, 0.3) is 5.91 Å². The minimum absolute atomic E-state index is 0.126. The molecule has 2 aromatic rings. The quantitative estimate of drug-likeness (QED) is 0.748. The molecular weight excluding hydrogens is 354 g/mol. The zero-order valence-corrected chi connectivity index (χ0v) is 16.2. The molecule has 0 aliphatic carbocycles. The van der Waals surface area contributed by atoms with Crippen LogP contribution < -0.4 is 5.32 Å². The number of benzene rings is 1. The van der Waals surface area contributed by atoms with E-state index in [4.69, 9.17) is 11.6 Å². The largest absolute Gasteiger partial charge is 0.349 e. The number of aliphatic imine (C=N–C) groups is 1. The Morgan fingerprint density at radius 1 is 1.28 bits per heavy atom. The van der Waals surface area contributed by atoms with E-state index in [1.54, 1.807) is 6.07 Å². The summed E-state index contributed by atoms with van der Waals surface area (Å²) >= 11 is 7.38. The van der Waals surface area contributed by atoms with Crippen LogP contribution in [0.15, 0.2) is 40.4 Å². The highest BCUT2D eigenvalue weighted by molar-refractivity contribution is 8.18. The standard InChI is InChI=1S/C19H20ClN3OS/c1-11(2)23-10-14(7-13(23)4)8-17-18(24)22-19(25-17)21-16-9-15(20)6-5-12(16)3/h5-11H,1-4H3,(H,21,22,24)/b17-8+. The molecule has 2 heterocycles. The van der Waals surface area contributed by atoms with Crippen LogP contribution >= 0.6 is 23.4 Å². The second kappa shape index (κ2) is 7.10. The molecule has 0 spiro atoms. The fourth-order valence-corrected chi connectivity index (χ4v) is 3.70. The Morgan fingerprint density at radius 3 is 2.72 bits per heavy atom. The Morgan fingerprint density at radius 2 is 2.04 bits per heavy atom. The van der Waals surface area contributed by atoms with Crippen LogP contribution in [0, 0.1) is 13.8 Å². The maximum atomic E-state index is 12.2. The summed E-state index contributed by atoms with van der Waals surface area (Å²) in [5, 5.41) is 4.02. The highest BCUT2D eigenvalue weighted by Crippen LogP contribution is 2.30. The van der Waals surface area contributed by atoms with Crippen LogP contribution in [-0.4, -0.2) is 15.6 Å². The van der Waals surface area contributed by atoms with Gasteiger partial charge in [0.1, 0.15) is 0 Å². The van der Waals surface area contributed by atoms with E-state index in [1.807, 2.05) is 25.1 Å². The molecule has 1 fully saturated rings. The molecule has 1 N–H and O–H groups in total. The Hall–Kier alpha value is -1.98. The zero-order chi connectivity index (χ0) is 18.1. The lowest BCUT2D eigenvalue weighted by Gasteiger charge is -2.08. The first kappa shape index (κ1) is 17.8. The van der Waals surface area contributed by atoms with Crippen molar-refractivity contribution in [3.8, 4) is 0 Å². The maximum Gasteiger partial charge on any atom is 0.264 e. The van der Waals surface area contributed by atoms with Crippen molar-refractivity contribution in [3.63, 3.8) is 0 Å². The van der Waals surface area contributed by atoms with E-state index >= 15 is 0 Å². The van der Waals surface area contributed by atoms with Crippen LogP contribution in [-0.2, 0) is 4.79 Å². The number of aryl methyl sites for hydroxylation is 2. The van der Waals surface area contributed by atoms with Crippen molar-refractivity contribution >= 4 is 46.2 Å². The minimum atomic E-state index is -0.126. The third-order valence-corrected chi connectivity index (χ3v) is 5.11. The maximum absolute atomic E-state index is 12.2. The smallest absolute Gasteiger partial charge is 0.264 e. The summed E-state index contributed by atoms with van der Waals surface area (Å²) in [6.07, 6.45) is 3.97. The van der Waals surface area contributed by atoms with Crippen molar-refractivity contribution in [2.24, 2.45) is 4.99 Å². The van der Waals surface area contributed by atoms with E-state index in [9.17, 15) is 4.79 Å². The van der Waals surface area contributed by atoms with Crippen LogP contribution in [0.4, 0.5) is 5.69 Å². The van der Waals surface area contributed by atoms with Crippen LogP contribution in [0.3, 0.4) is 0 Å². The molecule has 1 saturated heterocycles. The summed E-state index contributed by atoms with van der Waals surface area (Å²) in [4.78, 5) is 17.4. The van der Waals surface area contributed by atoms with E-state index in [-0.39, 0.29) is 5.91 Å². The van der Waals surface area contributed by atoms with Gasteiger partial charge in [-0.25, -0.2) is 4.99 Å². The number of carbonyl (C=O) groups is 1. The normalized spacial score (nSPS) is 17.8. The molecule has 1 aromatic carbocycles. The van der Waals surface area contributed by atoms with Crippen molar-refractivity contribution in [1.29, 1.82) is 0 Å². The number of aromatic nitrogens is 1. The van der Waals surface area contributed by atoms with Crippen LogP contribution in [0.5, 0.6) is 0 Å². The molecule has 0 bridgehead atoms. The van der Waals surface area contributed by atoms with Crippen molar-refractivity contribution in [2.45, 2.75) is 33.7 Å². The summed E-state index contributed by atoms with van der Waals surface area (Å²) in [5.41, 5.74) is 3.96. The number of hydrogen-bond acceptors (Lipinski definition) is 3. The molecule has 6 heteroatoms. The Bertz CT molecular complexity index is 896. The summed E-state index contributed by atoms with van der Waals surface area (Å²) in [5.74, 6) is -0.126. The molecule has 0 saturated carbocycles. The molecule has 3 rings (SSSR count). The molecular formula is C19H20ClN3OS. The second-order valence-corrected chi connectivity index (χ2v) is 7.80. The van der Waals surface area contributed by atoms with Crippen LogP contribution in [0.2, 0.25) is 5.02 Å². The van der Waals surface area contributed by atoms with E-state index in [1.165, 1.54) is 17.5 Å². The van der Waals surface area contributed by atoms with E-state index in [2.05, 4.69) is 47.9 Å². The predicted molar refractivity (Wildman–Crippen MR) is 107 cm³/mol. The first-order chi connectivity index (χ1) is 11.8. The van der Waals surface area contributed by atoms with Crippen LogP contribution in [0.1, 0.15) is 36.7 Å². The Kier molecular flexibility index (Phi) is 5.06. The van der Waals surface area contributed by atoms with E-state index < -0.39 is 0 Å². The Balaban J connectivity index is 1.86. The van der Waals surface area contributed by atoms with E-state index in [0.717, 1.165) is 16.8 Å². The lowest BCUT2D eigenvalue weighted by molar-refractivity contribution is -0.115. The van der Waals surface area contributed by atoms with Gasteiger partial charge < -0.3 is 9.88 Å². The van der Waals surface area contributed by atoms with Gasteiger partial charge in [0, 0.05) is 23.0 Å². The number of carbonyl (C=O) groups excluding carboxylic acids is 1. The molecule has 1 aromatic heterocycles. The summed E-state index contributed by atoms with van der Waals surface area (Å²) < 4.78 is 2.19. The number of rotatable bonds is 3. The van der Waals surface area contributed by atoms with Crippen molar-refractivity contribution in [1.82, 2.24) is 9.88 Å². The summed E-state index contributed by atoms with van der Waals surface area (Å²) in [7, 11) is 0. The van der Waals surface area contributed by atoms with Gasteiger partial charge in [0.2, 0.25) is 0 Å². The lowest BCUT2D eigenvalue weighted by Crippen LogP contribution is -2.19. The SMILES string of the molecule is Cc1ccc(Cl)cc1N=C1NC(=O)/C(=C\c2cc(C)n(C(C)C)c2)S1. The van der Waals surface area contributed by atoms with Gasteiger partial charge in [-0.05, 0) is 74.9 Å². The summed E-state index contributed by atoms with van der Waals surface area (Å²) in [6.45, 7) is 8.31. The topological polar surface area (TPSA) is 46.4 Å². The number of nitrogens with zero attached hydrogens (tertiary/aromatic N) is 2. The molecule has 1 aliphatic rings. The average molecular weight is 374 g/mol. The van der Waals surface area contributed by atoms with Gasteiger partial charge in [0.15, 0.2) is 5.17 Å². The van der Waals surface area contributed by atoms with Gasteiger partial charge in [-0.1, -0.05) is 17.7 Å². The zero-order valence-electron chi connectivity index (χ0n) is 14.6. The molecule has 25 heavy (non-hydrogen) atoms. The van der Waals surface area contributed by atoms with Gasteiger partial charge in [-0.3, -0.25) is 4.79 Å². The lowest BCUT2D eigenvalue weighted by atomic mass is 10.2. The van der Waals surface area contributed by atoms with Gasteiger partial charge >= 0.3 is 0 Å². The highest BCUT2D eigenvalue weighted by atomic mass is 35.5. The minimum Gasteiger partial charge on any atom is -0.349 e. The Labute approximate surface area is 157 Å². The fraction of sp³-hybridized carbons (Fsp3) is 0.263. The first-order valence-corrected chi connectivity index (χ1v) is 9.27. The molecule has 4 nitrogen and oxygen atoms in total. The van der Waals surface area contributed by atoms with Crippen molar-refractivity contribution in [2.75, 3.05) is 0 Å². The molecule has 0 atom stereocenters. The van der Waals surface area contributed by atoms with Crippen LogP contribution in [0.25, 0.3) is 6.08 Å². The molecule has 0 radical (unpaired) electrons. The first-order valence-electron chi connectivity index (χ1n) is 8.07. The number of thioether (sulfide) groups is 1. The molecule has 130 valence electrons. The summed E-state index contributed by atoms with van der Waals surface area (Å²) in [6, 6.07) is 8.01. The van der Waals surface area contributed by atoms with Crippen molar-refractivity contribution in [3.05, 3.63) is 57.2 Å². The number of amides is 1. The van der Waals surface area contributed by atoms with E-state index in [0.29, 0.717) is 21.1 Å². The third kappa shape index (κ3) is 3.99. The number of nitrogens with one attached hydrogen (secondary N) is 1. The van der Waals surface area contributed by atoms with Crippen molar-refractivity contribution < 1.29 is 4.79 Å². The highest BCUT2D eigenvalue weighted by Gasteiger charge is 2.24. The monoisotopic (exact) mass is 373 g/mol. The predicted octanol–water partition coefficient (Wildman–Crippen LogP) is 5.23. The number of hydrogen-bond donors (Lipinski definition) is 1. The van der Waals surface area contributed by atoms with Gasteiger partial charge in [0.05, 0.1) is 10.6 Å². The molecule has 1 aliphatic heterocycles. The fourth-order valence-electron chi connectivity index (χ4n) is 2.69. The van der Waals surface area contributed by atoms with Gasteiger partial charge in [-0.2, -0.15) is 0 Å². The molecule has 0 unspecified atom stereocenters. The average Bonchev–Trinajstić information content (AvgIpc) is 3.06. The number of halogens is 1. The van der Waals surface area contributed by atoms with Gasteiger partial charge in [-0.15, -0.1) is 0 Å². The second-order valence-electron chi connectivity index (χ2n) is 6.33.